The van der Waals surface area contributed by atoms with Gasteiger partial charge in [-0.2, -0.15) is 4.98 Å². The van der Waals surface area contributed by atoms with Crippen LogP contribution in [-0.2, 0) is 0 Å². The maximum Gasteiger partial charge on any atom is 0.373 e. The minimum Gasteiger partial charge on any atom is -0.434 e. The van der Waals surface area contributed by atoms with Crippen molar-refractivity contribution >= 4 is 11.5 Å². The molecule has 0 spiro atoms. The van der Waals surface area contributed by atoms with Crippen molar-refractivity contribution in [2.75, 3.05) is 37.6 Å². The summed E-state index contributed by atoms with van der Waals surface area (Å²) in [5.41, 5.74) is -0.189. The quantitative estimate of drug-likeness (QED) is 0.614. The van der Waals surface area contributed by atoms with E-state index in [0.717, 1.165) is 19.6 Å². The zero-order valence-electron chi connectivity index (χ0n) is 13.5. The Labute approximate surface area is 139 Å². The predicted octanol–water partition coefficient (Wildman–Crippen LogP) is 2.32. The molecular formula is C16H19N5O3. The molecule has 0 saturated carbocycles. The van der Waals surface area contributed by atoms with Crippen molar-refractivity contribution in [1.82, 2.24) is 14.9 Å². The van der Waals surface area contributed by atoms with E-state index in [1.54, 1.807) is 24.3 Å². The van der Waals surface area contributed by atoms with Crippen molar-refractivity contribution in [3.8, 4) is 11.6 Å². The number of hydrogen-bond donors (Lipinski definition) is 0. The Kier molecular flexibility index (Phi) is 4.85. The van der Waals surface area contributed by atoms with Crippen molar-refractivity contribution in [3.63, 3.8) is 0 Å². The van der Waals surface area contributed by atoms with Gasteiger partial charge in [-0.3, -0.25) is 10.1 Å². The van der Waals surface area contributed by atoms with Gasteiger partial charge >= 0.3 is 11.6 Å². The third kappa shape index (κ3) is 3.43. The monoisotopic (exact) mass is 329 g/mol. The lowest BCUT2D eigenvalue weighted by Crippen LogP contribution is -2.46. The average Bonchev–Trinajstić information content (AvgIpc) is 2.62. The molecule has 24 heavy (non-hydrogen) atoms. The average molecular weight is 329 g/mol. The molecule has 8 nitrogen and oxygen atoms in total. The predicted molar refractivity (Wildman–Crippen MR) is 89.5 cm³/mol. The van der Waals surface area contributed by atoms with Crippen LogP contribution < -0.4 is 9.64 Å². The number of aromatic nitrogens is 2. The van der Waals surface area contributed by atoms with Crippen molar-refractivity contribution in [2.45, 2.75) is 6.92 Å². The van der Waals surface area contributed by atoms with Crippen LogP contribution in [0.2, 0.25) is 0 Å². The molecule has 0 amide bonds. The topological polar surface area (TPSA) is 84.6 Å². The summed E-state index contributed by atoms with van der Waals surface area (Å²) in [4.78, 5) is 23.5. The van der Waals surface area contributed by atoms with E-state index in [1.165, 1.54) is 6.33 Å². The van der Waals surface area contributed by atoms with E-state index in [4.69, 9.17) is 4.74 Å². The first kappa shape index (κ1) is 16.1. The summed E-state index contributed by atoms with van der Waals surface area (Å²) < 4.78 is 5.61. The first-order valence-electron chi connectivity index (χ1n) is 7.88. The molecule has 1 fully saturated rings. The third-order valence-electron chi connectivity index (χ3n) is 4.03. The van der Waals surface area contributed by atoms with E-state index < -0.39 is 4.92 Å². The largest absolute Gasteiger partial charge is 0.434 e. The number of piperazine rings is 1. The second kappa shape index (κ2) is 7.22. The molecule has 1 aliphatic rings. The van der Waals surface area contributed by atoms with Crippen LogP contribution in [0.15, 0.2) is 36.7 Å². The van der Waals surface area contributed by atoms with Crippen LogP contribution in [0.1, 0.15) is 6.92 Å². The Morgan fingerprint density at radius 2 is 1.88 bits per heavy atom. The van der Waals surface area contributed by atoms with Crippen LogP contribution in [0.25, 0.3) is 0 Å². The summed E-state index contributed by atoms with van der Waals surface area (Å²) in [6, 6.07) is 8.90. The first-order valence-corrected chi connectivity index (χ1v) is 7.88. The minimum atomic E-state index is -0.472. The number of nitrogens with zero attached hydrogens (tertiary/aromatic N) is 5. The van der Waals surface area contributed by atoms with E-state index >= 15 is 0 Å². The molecule has 0 atom stereocenters. The smallest absolute Gasteiger partial charge is 0.373 e. The lowest BCUT2D eigenvalue weighted by Gasteiger charge is -2.34. The van der Waals surface area contributed by atoms with E-state index in [9.17, 15) is 10.1 Å². The van der Waals surface area contributed by atoms with Crippen molar-refractivity contribution < 1.29 is 9.66 Å². The van der Waals surface area contributed by atoms with Crippen LogP contribution in [0.3, 0.4) is 0 Å². The molecule has 1 saturated heterocycles. The molecule has 3 rings (SSSR count). The maximum absolute atomic E-state index is 11.6. The number of hydrogen-bond acceptors (Lipinski definition) is 7. The van der Waals surface area contributed by atoms with E-state index in [2.05, 4.69) is 21.8 Å². The van der Waals surface area contributed by atoms with Gasteiger partial charge in [-0.15, -0.1) is 0 Å². The van der Waals surface area contributed by atoms with E-state index in [0.29, 0.717) is 24.7 Å². The molecule has 0 radical (unpaired) electrons. The van der Waals surface area contributed by atoms with Gasteiger partial charge in [-0.25, -0.2) is 4.98 Å². The minimum absolute atomic E-state index is 0.0332. The van der Waals surface area contributed by atoms with Crippen LogP contribution in [-0.4, -0.2) is 52.5 Å². The Morgan fingerprint density at radius 1 is 1.17 bits per heavy atom. The second-order valence-electron chi connectivity index (χ2n) is 5.44. The number of benzene rings is 1. The van der Waals surface area contributed by atoms with Crippen LogP contribution in [0, 0.1) is 10.1 Å². The van der Waals surface area contributed by atoms with Gasteiger partial charge in [0, 0.05) is 26.2 Å². The Morgan fingerprint density at radius 3 is 2.50 bits per heavy atom. The lowest BCUT2D eigenvalue weighted by molar-refractivity contribution is -0.385. The second-order valence-corrected chi connectivity index (χ2v) is 5.44. The molecule has 2 heterocycles. The van der Waals surface area contributed by atoms with Gasteiger partial charge < -0.3 is 14.5 Å². The van der Waals surface area contributed by atoms with Crippen molar-refractivity contribution in [2.24, 2.45) is 0 Å². The molecule has 1 aromatic carbocycles. The number of para-hydroxylation sites is 1. The fourth-order valence-electron chi connectivity index (χ4n) is 2.70. The molecule has 1 aromatic heterocycles. The van der Waals surface area contributed by atoms with Gasteiger partial charge in [-0.1, -0.05) is 25.1 Å². The normalized spacial score (nSPS) is 15.3. The van der Waals surface area contributed by atoms with E-state index in [1.807, 2.05) is 11.0 Å². The highest BCUT2D eigenvalue weighted by Gasteiger charge is 2.30. The zero-order valence-corrected chi connectivity index (χ0v) is 13.5. The maximum atomic E-state index is 11.6. The van der Waals surface area contributed by atoms with Gasteiger partial charge in [0.15, 0.2) is 0 Å². The fraction of sp³-hybridized carbons (Fsp3) is 0.375. The van der Waals surface area contributed by atoms with Crippen LogP contribution in [0.5, 0.6) is 11.6 Å². The third-order valence-corrected chi connectivity index (χ3v) is 4.03. The molecule has 8 heteroatoms. The van der Waals surface area contributed by atoms with Crippen LogP contribution >= 0.6 is 0 Å². The summed E-state index contributed by atoms with van der Waals surface area (Å²) in [6.45, 7) is 6.17. The van der Waals surface area contributed by atoms with Crippen molar-refractivity contribution in [1.29, 1.82) is 0 Å². The van der Waals surface area contributed by atoms with E-state index in [-0.39, 0.29) is 11.6 Å². The van der Waals surface area contributed by atoms with Gasteiger partial charge in [0.05, 0.1) is 4.92 Å². The highest BCUT2D eigenvalue weighted by molar-refractivity contribution is 5.63. The zero-order chi connectivity index (χ0) is 16.9. The van der Waals surface area contributed by atoms with Gasteiger partial charge in [0.25, 0.3) is 0 Å². The number of likely N-dealkylation sites (N-methyl/N-ethyl adjacent to an activating group) is 1. The molecule has 0 bridgehead atoms. The highest BCUT2D eigenvalue weighted by atomic mass is 16.6. The summed E-state index contributed by atoms with van der Waals surface area (Å²) >= 11 is 0. The molecule has 126 valence electrons. The number of rotatable bonds is 5. The fourth-order valence-corrected chi connectivity index (χ4v) is 2.70. The summed E-state index contributed by atoms with van der Waals surface area (Å²) in [7, 11) is 0. The lowest BCUT2D eigenvalue weighted by atomic mass is 10.3. The van der Waals surface area contributed by atoms with Crippen molar-refractivity contribution in [3.05, 3.63) is 46.8 Å². The first-order chi connectivity index (χ1) is 11.7. The summed E-state index contributed by atoms with van der Waals surface area (Å²) in [5.74, 6) is 0.784. The molecule has 0 unspecified atom stereocenters. The Hall–Kier alpha value is -2.74. The number of anilines is 1. The number of ether oxygens (including phenoxy) is 1. The number of nitro groups is 1. The SMILES string of the molecule is CCN1CCN(c2ncnc(Oc3ccccc3)c2[N+](=O)[O-])CC1. The molecular weight excluding hydrogens is 310 g/mol. The Balaban J connectivity index is 1.90. The molecule has 0 aliphatic carbocycles. The van der Waals surface area contributed by atoms with Crippen LogP contribution in [0.4, 0.5) is 11.5 Å². The van der Waals surface area contributed by atoms with Gasteiger partial charge in [0.1, 0.15) is 12.1 Å². The molecule has 0 N–H and O–H groups in total. The van der Waals surface area contributed by atoms with Gasteiger partial charge in [0.2, 0.25) is 5.82 Å². The summed E-state index contributed by atoms with van der Waals surface area (Å²) in [6.07, 6.45) is 1.31. The molecule has 2 aromatic rings. The summed E-state index contributed by atoms with van der Waals surface area (Å²) in [5, 5.41) is 11.6. The van der Waals surface area contributed by atoms with Gasteiger partial charge in [-0.05, 0) is 18.7 Å². The Bertz CT molecular complexity index is 702. The standard InChI is InChI=1S/C16H19N5O3/c1-2-19-8-10-20(11-9-19)15-14(21(22)23)16(18-12-17-15)24-13-6-4-3-5-7-13/h3-7,12H,2,8-11H2,1H3. The molecule has 1 aliphatic heterocycles. The highest BCUT2D eigenvalue weighted by Crippen LogP contribution is 2.36.